The van der Waals surface area contributed by atoms with Gasteiger partial charge in [-0.2, -0.15) is 0 Å². The number of Topliss-reactive ketones (excluding diaryl/α,β-unsaturated/α-hetero) is 1. The molecular formula is C12H15NO3. The molecule has 0 aromatic heterocycles. The van der Waals surface area contributed by atoms with Gasteiger partial charge >= 0.3 is 0 Å². The monoisotopic (exact) mass is 221 g/mol. The Balaban J connectivity index is 2.53. The third-order valence-corrected chi connectivity index (χ3v) is 2.20. The Kier molecular flexibility index (Phi) is 4.05. The summed E-state index contributed by atoms with van der Waals surface area (Å²) in [5.41, 5.74) is 0.425. The second-order valence-corrected chi connectivity index (χ2v) is 3.85. The molecule has 0 atom stereocenters. The molecule has 0 radical (unpaired) electrons. The zero-order chi connectivity index (χ0) is 12.1. The van der Waals surface area contributed by atoms with Gasteiger partial charge in [0, 0.05) is 11.5 Å². The Labute approximate surface area is 94.3 Å². The van der Waals surface area contributed by atoms with E-state index in [0.29, 0.717) is 5.56 Å². The van der Waals surface area contributed by atoms with E-state index in [-0.39, 0.29) is 29.9 Å². The quantitative estimate of drug-likeness (QED) is 0.806. The Morgan fingerprint density at radius 1 is 1.25 bits per heavy atom. The van der Waals surface area contributed by atoms with Crippen molar-refractivity contribution in [3.63, 3.8) is 0 Å². The van der Waals surface area contributed by atoms with Gasteiger partial charge in [0.2, 0.25) is 0 Å². The van der Waals surface area contributed by atoms with Crippen molar-refractivity contribution >= 4 is 11.7 Å². The Morgan fingerprint density at radius 3 is 2.31 bits per heavy atom. The number of ketones is 1. The van der Waals surface area contributed by atoms with Crippen LogP contribution >= 0.6 is 0 Å². The minimum atomic E-state index is -0.311. The standard InChI is InChI=1S/C12H15NO3/c1-8(2)11(15)7-13-12(16)9-3-5-10(14)6-4-9/h3-6,8,14H,7H2,1-2H3,(H,13,16). The lowest BCUT2D eigenvalue weighted by Gasteiger charge is -2.06. The molecule has 1 aromatic rings. The summed E-state index contributed by atoms with van der Waals surface area (Å²) in [7, 11) is 0. The van der Waals surface area contributed by atoms with Crippen LogP contribution in [0.25, 0.3) is 0 Å². The van der Waals surface area contributed by atoms with E-state index in [1.807, 2.05) is 0 Å². The van der Waals surface area contributed by atoms with Gasteiger partial charge in [-0.1, -0.05) is 13.8 Å². The van der Waals surface area contributed by atoms with Crippen LogP contribution in [0.1, 0.15) is 24.2 Å². The summed E-state index contributed by atoms with van der Waals surface area (Å²) in [6, 6.07) is 5.87. The molecule has 16 heavy (non-hydrogen) atoms. The zero-order valence-corrected chi connectivity index (χ0v) is 9.36. The molecule has 4 nitrogen and oxygen atoms in total. The lowest BCUT2D eigenvalue weighted by Crippen LogP contribution is -2.31. The lowest BCUT2D eigenvalue weighted by atomic mass is 10.1. The molecule has 1 aromatic carbocycles. The normalized spacial score (nSPS) is 10.2. The summed E-state index contributed by atoms with van der Waals surface area (Å²) in [6.07, 6.45) is 0. The molecule has 0 spiro atoms. The third kappa shape index (κ3) is 3.38. The molecule has 0 saturated carbocycles. The number of hydrogen-bond acceptors (Lipinski definition) is 3. The molecule has 86 valence electrons. The predicted octanol–water partition coefficient (Wildman–Crippen LogP) is 1.35. The first kappa shape index (κ1) is 12.2. The van der Waals surface area contributed by atoms with Crippen LogP contribution in [0.5, 0.6) is 5.75 Å². The SMILES string of the molecule is CC(C)C(=O)CNC(=O)c1ccc(O)cc1. The summed E-state index contributed by atoms with van der Waals surface area (Å²) >= 11 is 0. The average molecular weight is 221 g/mol. The van der Waals surface area contributed by atoms with Gasteiger partial charge in [-0.3, -0.25) is 9.59 Å². The fourth-order valence-electron chi connectivity index (χ4n) is 1.09. The van der Waals surface area contributed by atoms with Crippen molar-refractivity contribution in [2.45, 2.75) is 13.8 Å². The number of phenols is 1. The molecule has 1 rings (SSSR count). The first-order valence-electron chi connectivity index (χ1n) is 5.10. The van der Waals surface area contributed by atoms with Crippen LogP contribution in [0.15, 0.2) is 24.3 Å². The molecule has 0 aliphatic heterocycles. The van der Waals surface area contributed by atoms with E-state index < -0.39 is 0 Å². The van der Waals surface area contributed by atoms with Crippen LogP contribution in [0.2, 0.25) is 0 Å². The summed E-state index contributed by atoms with van der Waals surface area (Å²) in [6.45, 7) is 3.61. The highest BCUT2D eigenvalue weighted by molar-refractivity contribution is 5.97. The minimum Gasteiger partial charge on any atom is -0.508 e. The molecule has 2 N–H and O–H groups in total. The van der Waals surface area contributed by atoms with Crippen LogP contribution in [0.3, 0.4) is 0 Å². The van der Waals surface area contributed by atoms with Crippen LogP contribution in [0, 0.1) is 5.92 Å². The second kappa shape index (κ2) is 5.30. The van der Waals surface area contributed by atoms with Crippen LogP contribution < -0.4 is 5.32 Å². The van der Waals surface area contributed by atoms with Crippen LogP contribution in [0.4, 0.5) is 0 Å². The van der Waals surface area contributed by atoms with Gasteiger partial charge < -0.3 is 10.4 Å². The number of carbonyl (C=O) groups excluding carboxylic acids is 2. The number of carbonyl (C=O) groups is 2. The number of nitrogens with one attached hydrogen (secondary N) is 1. The Bertz CT molecular complexity index is 382. The summed E-state index contributed by atoms with van der Waals surface area (Å²) in [5, 5.41) is 11.6. The first-order chi connectivity index (χ1) is 7.50. The van der Waals surface area contributed by atoms with E-state index in [4.69, 9.17) is 5.11 Å². The van der Waals surface area contributed by atoms with Crippen molar-refractivity contribution in [1.29, 1.82) is 0 Å². The first-order valence-corrected chi connectivity index (χ1v) is 5.10. The van der Waals surface area contributed by atoms with Crippen molar-refractivity contribution in [2.75, 3.05) is 6.54 Å². The molecule has 0 heterocycles. The number of hydrogen-bond donors (Lipinski definition) is 2. The third-order valence-electron chi connectivity index (χ3n) is 2.20. The van der Waals surface area contributed by atoms with Crippen LogP contribution in [-0.4, -0.2) is 23.3 Å². The molecule has 4 heteroatoms. The number of aromatic hydroxyl groups is 1. The van der Waals surface area contributed by atoms with Gasteiger partial charge in [-0.05, 0) is 24.3 Å². The highest BCUT2D eigenvalue weighted by Crippen LogP contribution is 2.09. The molecule has 0 bridgehead atoms. The molecule has 0 saturated heterocycles. The second-order valence-electron chi connectivity index (χ2n) is 3.85. The molecule has 1 amide bonds. The van der Waals surface area contributed by atoms with E-state index in [0.717, 1.165) is 0 Å². The van der Waals surface area contributed by atoms with Crippen molar-refractivity contribution in [1.82, 2.24) is 5.32 Å². The van der Waals surface area contributed by atoms with Gasteiger partial charge in [0.25, 0.3) is 5.91 Å². The fraction of sp³-hybridized carbons (Fsp3) is 0.333. The van der Waals surface area contributed by atoms with Crippen molar-refractivity contribution in [3.8, 4) is 5.75 Å². The van der Waals surface area contributed by atoms with Gasteiger partial charge in [0.15, 0.2) is 5.78 Å². The maximum absolute atomic E-state index is 11.5. The number of phenolic OH excluding ortho intramolecular Hbond substituents is 1. The maximum atomic E-state index is 11.5. The smallest absolute Gasteiger partial charge is 0.251 e. The topological polar surface area (TPSA) is 66.4 Å². The van der Waals surface area contributed by atoms with Gasteiger partial charge in [-0.25, -0.2) is 0 Å². The number of amides is 1. The largest absolute Gasteiger partial charge is 0.508 e. The molecular weight excluding hydrogens is 206 g/mol. The highest BCUT2D eigenvalue weighted by Gasteiger charge is 2.10. The predicted molar refractivity (Wildman–Crippen MR) is 60.3 cm³/mol. The van der Waals surface area contributed by atoms with Gasteiger partial charge in [-0.15, -0.1) is 0 Å². The fourth-order valence-corrected chi connectivity index (χ4v) is 1.09. The molecule has 0 aliphatic rings. The van der Waals surface area contributed by atoms with E-state index in [9.17, 15) is 9.59 Å². The minimum absolute atomic E-state index is 0.00729. The van der Waals surface area contributed by atoms with Crippen molar-refractivity contribution < 1.29 is 14.7 Å². The van der Waals surface area contributed by atoms with Gasteiger partial charge in [0.05, 0.1) is 6.54 Å². The van der Waals surface area contributed by atoms with E-state index in [2.05, 4.69) is 5.32 Å². The van der Waals surface area contributed by atoms with Crippen LogP contribution in [-0.2, 0) is 4.79 Å². The molecule has 0 unspecified atom stereocenters. The Morgan fingerprint density at radius 2 is 1.81 bits per heavy atom. The summed E-state index contributed by atoms with van der Waals surface area (Å²) in [4.78, 5) is 22.8. The van der Waals surface area contributed by atoms with Crippen molar-refractivity contribution in [2.24, 2.45) is 5.92 Å². The molecule has 0 fully saturated rings. The van der Waals surface area contributed by atoms with Crippen molar-refractivity contribution in [3.05, 3.63) is 29.8 Å². The average Bonchev–Trinajstić information content (AvgIpc) is 2.26. The number of benzene rings is 1. The Hall–Kier alpha value is -1.84. The lowest BCUT2D eigenvalue weighted by molar-refractivity contribution is -0.120. The van der Waals surface area contributed by atoms with E-state index in [1.54, 1.807) is 13.8 Å². The highest BCUT2D eigenvalue weighted by atomic mass is 16.3. The summed E-state index contributed by atoms with van der Waals surface area (Å²) in [5.74, 6) is -0.295. The zero-order valence-electron chi connectivity index (χ0n) is 9.36. The summed E-state index contributed by atoms with van der Waals surface area (Å²) < 4.78 is 0. The van der Waals surface area contributed by atoms with E-state index >= 15 is 0 Å². The number of rotatable bonds is 4. The van der Waals surface area contributed by atoms with E-state index in [1.165, 1.54) is 24.3 Å². The maximum Gasteiger partial charge on any atom is 0.251 e. The molecule has 0 aliphatic carbocycles. The van der Waals surface area contributed by atoms with Gasteiger partial charge in [0.1, 0.15) is 5.75 Å².